The summed E-state index contributed by atoms with van der Waals surface area (Å²) in [6, 6.07) is 3.56. The van der Waals surface area contributed by atoms with Gasteiger partial charge in [-0.15, -0.1) is 0 Å². The number of aromatic nitrogens is 1. The van der Waals surface area contributed by atoms with Crippen LogP contribution in [0.3, 0.4) is 0 Å². The number of aliphatic carboxylic acids is 1. The Labute approximate surface area is 94.7 Å². The maximum Gasteiger partial charge on any atom is 0.323 e. The highest BCUT2D eigenvalue weighted by molar-refractivity contribution is 5.74. The number of hydrogen-bond donors (Lipinski definition) is 1. The van der Waals surface area contributed by atoms with Crippen molar-refractivity contribution in [3.63, 3.8) is 0 Å². The Morgan fingerprint density at radius 2 is 2.31 bits per heavy atom. The zero-order valence-corrected chi connectivity index (χ0v) is 9.67. The molecule has 16 heavy (non-hydrogen) atoms. The van der Waals surface area contributed by atoms with Gasteiger partial charge in [-0.05, 0) is 26.0 Å². The zero-order valence-electron chi connectivity index (χ0n) is 9.67. The summed E-state index contributed by atoms with van der Waals surface area (Å²) >= 11 is 0. The number of methoxy groups -OCH3 is 1. The van der Waals surface area contributed by atoms with Crippen molar-refractivity contribution in [3.05, 3.63) is 18.3 Å². The van der Waals surface area contributed by atoms with Gasteiger partial charge in [-0.3, -0.25) is 4.79 Å². The molecule has 1 heterocycles. The molecule has 0 aromatic carbocycles. The summed E-state index contributed by atoms with van der Waals surface area (Å²) in [5, 5.41) is 8.85. The molecule has 1 aromatic rings. The van der Waals surface area contributed by atoms with Crippen LogP contribution >= 0.6 is 0 Å². The standard InChI is InChI=1S/C11H16N2O3/c1-8(2)13(7-10(14)15)11-9(16-3)5-4-6-12-11/h4-6,8H,7H2,1-3H3,(H,14,15). The molecule has 5 heteroatoms. The van der Waals surface area contributed by atoms with Crippen molar-refractivity contribution in [2.75, 3.05) is 18.6 Å². The monoisotopic (exact) mass is 224 g/mol. The van der Waals surface area contributed by atoms with Crippen molar-refractivity contribution in [3.8, 4) is 5.75 Å². The van der Waals surface area contributed by atoms with Gasteiger partial charge in [0, 0.05) is 12.2 Å². The summed E-state index contributed by atoms with van der Waals surface area (Å²) in [7, 11) is 1.54. The van der Waals surface area contributed by atoms with Crippen LogP contribution in [0.25, 0.3) is 0 Å². The van der Waals surface area contributed by atoms with Gasteiger partial charge in [0.1, 0.15) is 6.54 Å². The first-order valence-corrected chi connectivity index (χ1v) is 5.03. The molecule has 1 aromatic heterocycles. The van der Waals surface area contributed by atoms with E-state index in [4.69, 9.17) is 9.84 Å². The minimum Gasteiger partial charge on any atom is -0.493 e. The number of rotatable bonds is 5. The quantitative estimate of drug-likeness (QED) is 0.818. The molecule has 0 fully saturated rings. The second-order valence-corrected chi connectivity index (χ2v) is 3.64. The Morgan fingerprint density at radius 3 is 2.81 bits per heavy atom. The molecule has 0 spiro atoms. The number of hydrogen-bond acceptors (Lipinski definition) is 4. The van der Waals surface area contributed by atoms with Crippen LogP contribution in [0.4, 0.5) is 5.82 Å². The normalized spacial score (nSPS) is 10.2. The Hall–Kier alpha value is -1.78. The van der Waals surface area contributed by atoms with Gasteiger partial charge in [0.15, 0.2) is 11.6 Å². The predicted octanol–water partition coefficient (Wildman–Crippen LogP) is 1.39. The van der Waals surface area contributed by atoms with E-state index in [1.54, 1.807) is 30.3 Å². The van der Waals surface area contributed by atoms with Gasteiger partial charge in [0.25, 0.3) is 0 Å². The first-order valence-electron chi connectivity index (χ1n) is 5.03. The number of carbonyl (C=O) groups is 1. The number of carboxylic acid groups (broad SMARTS) is 1. The number of anilines is 1. The lowest BCUT2D eigenvalue weighted by Gasteiger charge is -2.27. The van der Waals surface area contributed by atoms with Gasteiger partial charge < -0.3 is 14.7 Å². The summed E-state index contributed by atoms with van der Waals surface area (Å²) < 4.78 is 5.16. The van der Waals surface area contributed by atoms with Crippen LogP contribution in [0.1, 0.15) is 13.8 Å². The molecule has 5 nitrogen and oxygen atoms in total. The van der Waals surface area contributed by atoms with E-state index in [1.165, 1.54) is 0 Å². The van der Waals surface area contributed by atoms with Crippen molar-refractivity contribution >= 4 is 11.8 Å². The second kappa shape index (κ2) is 5.34. The second-order valence-electron chi connectivity index (χ2n) is 3.64. The Bertz CT molecular complexity index is 366. The van der Waals surface area contributed by atoms with Gasteiger partial charge in [-0.1, -0.05) is 0 Å². The molecule has 0 saturated heterocycles. The molecule has 1 N–H and O–H groups in total. The van der Waals surface area contributed by atoms with Gasteiger partial charge in [-0.25, -0.2) is 4.98 Å². The van der Waals surface area contributed by atoms with Crippen LogP contribution in [-0.4, -0.2) is 35.8 Å². The molecule has 0 unspecified atom stereocenters. The van der Waals surface area contributed by atoms with Crippen molar-refractivity contribution in [2.45, 2.75) is 19.9 Å². The van der Waals surface area contributed by atoms with E-state index < -0.39 is 5.97 Å². The molecule has 0 aliphatic rings. The number of nitrogens with zero attached hydrogens (tertiary/aromatic N) is 2. The third kappa shape index (κ3) is 2.85. The highest BCUT2D eigenvalue weighted by Crippen LogP contribution is 2.25. The van der Waals surface area contributed by atoms with E-state index in [9.17, 15) is 4.79 Å². The Balaban J connectivity index is 3.05. The zero-order chi connectivity index (χ0) is 12.1. The Morgan fingerprint density at radius 1 is 1.62 bits per heavy atom. The fourth-order valence-corrected chi connectivity index (χ4v) is 1.40. The van der Waals surface area contributed by atoms with Crippen LogP contribution in [0.15, 0.2) is 18.3 Å². The third-order valence-corrected chi connectivity index (χ3v) is 2.17. The molecule has 0 radical (unpaired) electrons. The summed E-state index contributed by atoms with van der Waals surface area (Å²) in [5.74, 6) is 0.251. The highest BCUT2D eigenvalue weighted by atomic mass is 16.5. The number of ether oxygens (including phenoxy) is 1. The fraction of sp³-hybridized carbons (Fsp3) is 0.455. The predicted molar refractivity (Wildman–Crippen MR) is 60.9 cm³/mol. The van der Waals surface area contributed by atoms with E-state index in [2.05, 4.69) is 4.98 Å². The topological polar surface area (TPSA) is 62.7 Å². The SMILES string of the molecule is COc1cccnc1N(CC(=O)O)C(C)C. The van der Waals surface area contributed by atoms with Crippen LogP contribution in [0.2, 0.25) is 0 Å². The summed E-state index contributed by atoms with van der Waals surface area (Å²) in [6.07, 6.45) is 1.62. The average Bonchev–Trinajstić information content (AvgIpc) is 2.25. The molecule has 1 rings (SSSR count). The molecule has 88 valence electrons. The lowest BCUT2D eigenvalue weighted by Crippen LogP contribution is -2.36. The summed E-state index contributed by atoms with van der Waals surface area (Å²) in [5.41, 5.74) is 0. The minimum absolute atomic E-state index is 0.0416. The van der Waals surface area contributed by atoms with Gasteiger partial charge in [-0.2, -0.15) is 0 Å². The fourth-order valence-electron chi connectivity index (χ4n) is 1.40. The van der Waals surface area contributed by atoms with Crippen LogP contribution in [0.5, 0.6) is 5.75 Å². The largest absolute Gasteiger partial charge is 0.493 e. The van der Waals surface area contributed by atoms with Crippen molar-refractivity contribution in [2.24, 2.45) is 0 Å². The van der Waals surface area contributed by atoms with E-state index in [-0.39, 0.29) is 12.6 Å². The maximum absolute atomic E-state index is 10.8. The molecular formula is C11H16N2O3. The Kier molecular flexibility index (Phi) is 4.10. The third-order valence-electron chi connectivity index (χ3n) is 2.17. The molecular weight excluding hydrogens is 208 g/mol. The molecule has 0 aliphatic carbocycles. The summed E-state index contributed by atoms with van der Waals surface area (Å²) in [6.45, 7) is 3.74. The van der Waals surface area contributed by atoms with Gasteiger partial charge in [0.05, 0.1) is 7.11 Å². The van der Waals surface area contributed by atoms with Crippen molar-refractivity contribution in [1.29, 1.82) is 0 Å². The number of carboxylic acids is 1. The van der Waals surface area contributed by atoms with E-state index >= 15 is 0 Å². The minimum atomic E-state index is -0.888. The highest BCUT2D eigenvalue weighted by Gasteiger charge is 2.18. The lowest BCUT2D eigenvalue weighted by atomic mass is 10.3. The molecule has 0 bridgehead atoms. The maximum atomic E-state index is 10.8. The first kappa shape index (κ1) is 12.3. The van der Waals surface area contributed by atoms with Crippen molar-refractivity contribution in [1.82, 2.24) is 4.98 Å². The molecule has 0 atom stereocenters. The van der Waals surface area contributed by atoms with Crippen LogP contribution in [0, 0.1) is 0 Å². The van der Waals surface area contributed by atoms with E-state index in [0.29, 0.717) is 11.6 Å². The van der Waals surface area contributed by atoms with Crippen LogP contribution < -0.4 is 9.64 Å². The molecule has 0 saturated carbocycles. The van der Waals surface area contributed by atoms with Crippen LogP contribution in [-0.2, 0) is 4.79 Å². The summed E-state index contributed by atoms with van der Waals surface area (Å²) in [4.78, 5) is 16.6. The first-order chi connectivity index (χ1) is 7.56. The van der Waals surface area contributed by atoms with Gasteiger partial charge >= 0.3 is 5.97 Å². The lowest BCUT2D eigenvalue weighted by molar-refractivity contribution is -0.135. The van der Waals surface area contributed by atoms with Gasteiger partial charge in [0.2, 0.25) is 0 Å². The molecule has 0 amide bonds. The average molecular weight is 224 g/mol. The molecule has 0 aliphatic heterocycles. The van der Waals surface area contributed by atoms with E-state index in [1.807, 2.05) is 13.8 Å². The number of pyridine rings is 1. The smallest absolute Gasteiger partial charge is 0.323 e. The van der Waals surface area contributed by atoms with Crippen molar-refractivity contribution < 1.29 is 14.6 Å². The van der Waals surface area contributed by atoms with E-state index in [0.717, 1.165) is 0 Å².